The summed E-state index contributed by atoms with van der Waals surface area (Å²) >= 11 is 1.80. The summed E-state index contributed by atoms with van der Waals surface area (Å²) in [5.41, 5.74) is 2.05. The first-order valence-corrected chi connectivity index (χ1v) is 11.3. The van der Waals surface area contributed by atoms with Gasteiger partial charge in [0.1, 0.15) is 0 Å². The lowest BCUT2D eigenvalue weighted by Crippen LogP contribution is -2.42. The average Bonchev–Trinajstić information content (AvgIpc) is 3.15. The molecule has 1 aromatic carbocycles. The molecule has 1 atom stereocenters. The number of benzene rings is 1. The van der Waals surface area contributed by atoms with Crippen LogP contribution in [0.3, 0.4) is 0 Å². The van der Waals surface area contributed by atoms with Gasteiger partial charge >= 0.3 is 0 Å². The highest BCUT2D eigenvalue weighted by Gasteiger charge is 2.38. The molecule has 2 aromatic rings. The number of aryl methyl sites for hydroxylation is 1. The van der Waals surface area contributed by atoms with Gasteiger partial charge in [-0.25, -0.2) is 4.98 Å². The number of thioether (sulfide) groups is 1. The van der Waals surface area contributed by atoms with Gasteiger partial charge in [0.15, 0.2) is 0 Å². The Labute approximate surface area is 176 Å². The Morgan fingerprint density at radius 1 is 1.14 bits per heavy atom. The lowest BCUT2D eigenvalue weighted by Gasteiger charge is -2.33. The smallest absolute Gasteiger partial charge is 0.228 e. The van der Waals surface area contributed by atoms with Gasteiger partial charge in [0.05, 0.1) is 10.9 Å². The largest absolute Gasteiger partial charge is 0.342 e. The monoisotopic (exact) mass is 409 g/mol. The highest BCUT2D eigenvalue weighted by molar-refractivity contribution is 7.99. The Morgan fingerprint density at radius 3 is 2.59 bits per heavy atom. The predicted octanol–water partition coefficient (Wildman–Crippen LogP) is 3.77. The van der Waals surface area contributed by atoms with Gasteiger partial charge in [0, 0.05) is 43.7 Å². The third-order valence-electron chi connectivity index (χ3n) is 5.85. The van der Waals surface area contributed by atoms with Crippen LogP contribution in [0, 0.1) is 18.8 Å². The van der Waals surface area contributed by atoms with Crippen molar-refractivity contribution in [3.63, 3.8) is 0 Å². The van der Waals surface area contributed by atoms with Crippen molar-refractivity contribution in [3.05, 3.63) is 54.2 Å². The molecule has 2 fully saturated rings. The molecule has 2 saturated heterocycles. The van der Waals surface area contributed by atoms with E-state index in [1.165, 1.54) is 0 Å². The van der Waals surface area contributed by atoms with Gasteiger partial charge in [-0.3, -0.25) is 9.59 Å². The summed E-state index contributed by atoms with van der Waals surface area (Å²) in [5.74, 6) is 1.63. The van der Waals surface area contributed by atoms with Crippen molar-refractivity contribution < 1.29 is 9.59 Å². The van der Waals surface area contributed by atoms with Gasteiger partial charge < -0.3 is 9.80 Å². The third-order valence-corrected chi connectivity index (χ3v) is 7.03. The van der Waals surface area contributed by atoms with E-state index in [9.17, 15) is 9.59 Å². The number of hydrogen-bond donors (Lipinski definition) is 0. The van der Waals surface area contributed by atoms with Crippen LogP contribution in [-0.2, 0) is 9.59 Å². The molecule has 3 heterocycles. The summed E-state index contributed by atoms with van der Waals surface area (Å²) in [7, 11) is 0. The summed E-state index contributed by atoms with van der Waals surface area (Å²) in [6.45, 7) is 4.11. The summed E-state index contributed by atoms with van der Waals surface area (Å²) < 4.78 is 0. The molecule has 4 rings (SSSR count). The Morgan fingerprint density at radius 2 is 1.90 bits per heavy atom. The number of amides is 2. The summed E-state index contributed by atoms with van der Waals surface area (Å²) in [4.78, 5) is 33.6. The van der Waals surface area contributed by atoms with Crippen molar-refractivity contribution in [3.8, 4) is 0 Å². The fraction of sp³-hybridized carbons (Fsp3) is 0.435. The fourth-order valence-electron chi connectivity index (χ4n) is 4.06. The summed E-state index contributed by atoms with van der Waals surface area (Å²) in [6.07, 6.45) is 4.19. The molecule has 6 heteroatoms. The first kappa shape index (κ1) is 20.0. The molecule has 0 N–H and O–H groups in total. The normalized spacial score (nSPS) is 20.3. The number of rotatable bonds is 5. The molecule has 0 spiro atoms. The molecular weight excluding hydrogens is 382 g/mol. The van der Waals surface area contributed by atoms with E-state index in [4.69, 9.17) is 0 Å². The molecule has 1 aromatic heterocycles. The molecule has 29 heavy (non-hydrogen) atoms. The van der Waals surface area contributed by atoms with Crippen molar-refractivity contribution >= 4 is 29.3 Å². The predicted molar refractivity (Wildman–Crippen MR) is 116 cm³/mol. The van der Waals surface area contributed by atoms with Gasteiger partial charge in [-0.2, -0.15) is 0 Å². The van der Waals surface area contributed by atoms with E-state index in [0.29, 0.717) is 18.9 Å². The zero-order valence-electron chi connectivity index (χ0n) is 16.8. The second-order valence-corrected chi connectivity index (χ2v) is 9.03. The first-order valence-electron chi connectivity index (χ1n) is 10.3. The van der Waals surface area contributed by atoms with Crippen molar-refractivity contribution in [1.82, 2.24) is 9.88 Å². The molecule has 2 amide bonds. The molecule has 5 nitrogen and oxygen atoms in total. The van der Waals surface area contributed by atoms with E-state index >= 15 is 0 Å². The molecule has 152 valence electrons. The highest BCUT2D eigenvalue weighted by Crippen LogP contribution is 2.29. The van der Waals surface area contributed by atoms with Crippen molar-refractivity contribution in [2.75, 3.05) is 30.3 Å². The maximum Gasteiger partial charge on any atom is 0.228 e. The second-order valence-electron chi connectivity index (χ2n) is 7.99. The summed E-state index contributed by atoms with van der Waals surface area (Å²) in [6, 6.07) is 13.9. The number of carbonyl (C=O) groups is 2. The molecule has 2 aliphatic rings. The Kier molecular flexibility index (Phi) is 6.19. The SMILES string of the molecule is Cc1ccc(N2C[C@@H](C(=O)N3CCC(CSc4ccccn4)CC3)CC2=O)cc1. The van der Waals surface area contributed by atoms with Gasteiger partial charge in [-0.15, -0.1) is 11.8 Å². The van der Waals surface area contributed by atoms with E-state index in [-0.39, 0.29) is 17.7 Å². The minimum atomic E-state index is -0.219. The van der Waals surface area contributed by atoms with Gasteiger partial charge in [0.2, 0.25) is 11.8 Å². The molecule has 0 aliphatic carbocycles. The van der Waals surface area contributed by atoms with Crippen molar-refractivity contribution in [1.29, 1.82) is 0 Å². The molecule has 0 bridgehead atoms. The van der Waals surface area contributed by atoms with Crippen LogP contribution in [-0.4, -0.2) is 47.1 Å². The van der Waals surface area contributed by atoms with Crippen LogP contribution in [0.25, 0.3) is 0 Å². The number of hydrogen-bond acceptors (Lipinski definition) is 4. The maximum absolute atomic E-state index is 13.0. The number of pyridine rings is 1. The van der Waals surface area contributed by atoms with Crippen LogP contribution in [0.15, 0.2) is 53.7 Å². The third kappa shape index (κ3) is 4.81. The van der Waals surface area contributed by atoms with Gasteiger partial charge in [-0.1, -0.05) is 23.8 Å². The van der Waals surface area contributed by atoms with Crippen LogP contribution in [0.1, 0.15) is 24.8 Å². The minimum Gasteiger partial charge on any atom is -0.342 e. The molecule has 2 aliphatic heterocycles. The Hall–Kier alpha value is -2.34. The zero-order chi connectivity index (χ0) is 20.2. The molecule has 0 saturated carbocycles. The first-order chi connectivity index (χ1) is 14.1. The van der Waals surface area contributed by atoms with Crippen molar-refractivity contribution in [2.45, 2.75) is 31.2 Å². The summed E-state index contributed by atoms with van der Waals surface area (Å²) in [5, 5.41) is 1.06. The molecule has 0 unspecified atom stereocenters. The van der Waals surface area contributed by atoms with Gasteiger partial charge in [0.25, 0.3) is 0 Å². The quantitative estimate of drug-likeness (QED) is 0.706. The second kappa shape index (κ2) is 8.99. The van der Waals surface area contributed by atoms with Crippen LogP contribution in [0.5, 0.6) is 0 Å². The van der Waals surface area contributed by atoms with Crippen LogP contribution >= 0.6 is 11.8 Å². The number of piperidine rings is 1. The Bertz CT molecular complexity index is 848. The maximum atomic E-state index is 13.0. The number of likely N-dealkylation sites (tertiary alicyclic amines) is 1. The molecular formula is C23H27N3O2S. The lowest BCUT2D eigenvalue weighted by molar-refractivity contribution is -0.137. The number of aromatic nitrogens is 1. The number of nitrogens with zero attached hydrogens (tertiary/aromatic N) is 3. The van der Waals surface area contributed by atoms with E-state index in [1.807, 2.05) is 60.5 Å². The fourth-order valence-corrected chi connectivity index (χ4v) is 5.11. The highest BCUT2D eigenvalue weighted by atomic mass is 32.2. The van der Waals surface area contributed by atoms with E-state index in [2.05, 4.69) is 4.98 Å². The average molecular weight is 410 g/mol. The molecule has 0 radical (unpaired) electrons. The van der Waals surface area contributed by atoms with Crippen molar-refractivity contribution in [2.24, 2.45) is 11.8 Å². The van der Waals surface area contributed by atoms with Crippen LogP contribution in [0.4, 0.5) is 5.69 Å². The number of anilines is 1. The Balaban J connectivity index is 1.27. The standard InChI is InChI=1S/C23H27N3O2S/c1-17-5-7-20(8-6-17)26-15-19(14-22(26)27)23(28)25-12-9-18(10-13-25)16-29-21-4-2-3-11-24-21/h2-8,11,18-19H,9-10,12-16H2,1H3/t19-/m0/s1. The van der Waals surface area contributed by atoms with E-state index in [1.54, 1.807) is 16.7 Å². The lowest BCUT2D eigenvalue weighted by atomic mass is 9.97. The van der Waals surface area contributed by atoms with Crippen LogP contribution < -0.4 is 4.90 Å². The van der Waals surface area contributed by atoms with Crippen LogP contribution in [0.2, 0.25) is 0 Å². The van der Waals surface area contributed by atoms with E-state index < -0.39 is 0 Å². The van der Waals surface area contributed by atoms with Gasteiger partial charge in [-0.05, 0) is 49.9 Å². The minimum absolute atomic E-state index is 0.0499. The number of carbonyl (C=O) groups excluding carboxylic acids is 2. The van der Waals surface area contributed by atoms with E-state index in [0.717, 1.165) is 48.0 Å². The zero-order valence-corrected chi connectivity index (χ0v) is 17.6. The topological polar surface area (TPSA) is 53.5 Å².